The average molecular weight is 376 g/mol. The summed E-state index contributed by atoms with van der Waals surface area (Å²) in [5, 5.41) is 39.5. The summed E-state index contributed by atoms with van der Waals surface area (Å²) in [5.74, 6) is -3.02. The fraction of sp³-hybridized carbons (Fsp3) is 0.263. The van der Waals surface area contributed by atoms with Crippen molar-refractivity contribution in [1.82, 2.24) is 0 Å². The lowest BCUT2D eigenvalue weighted by atomic mass is 10.0. The zero-order chi connectivity index (χ0) is 20.5. The molecule has 0 radical (unpaired) electrons. The van der Waals surface area contributed by atoms with Crippen molar-refractivity contribution in [3.05, 3.63) is 45.5 Å². The standard InChI is InChI=1S/C19H20O8/c1-8-5-12(21)11(7-20)17(23)15(8)19(25)27-13-6-9(2)14(18(24)26-4)16(22)10(13)3/h5-6,20-23H,7H2,1-4H3. The highest BCUT2D eigenvalue weighted by molar-refractivity contribution is 5.98. The van der Waals surface area contributed by atoms with Crippen LogP contribution in [0.4, 0.5) is 0 Å². The number of carbonyl (C=O) groups is 2. The first kappa shape index (κ1) is 20.1. The number of aliphatic hydroxyl groups is 1. The number of ether oxygens (including phenoxy) is 2. The fourth-order valence-electron chi connectivity index (χ4n) is 2.72. The van der Waals surface area contributed by atoms with Gasteiger partial charge in [0.1, 0.15) is 34.1 Å². The molecule has 2 aromatic rings. The number of aromatic hydroxyl groups is 3. The van der Waals surface area contributed by atoms with Crippen LogP contribution in [0, 0.1) is 20.8 Å². The van der Waals surface area contributed by atoms with E-state index in [-0.39, 0.29) is 45.1 Å². The molecule has 0 aliphatic rings. The lowest BCUT2D eigenvalue weighted by Crippen LogP contribution is -2.13. The number of phenols is 3. The highest BCUT2D eigenvalue weighted by atomic mass is 16.5. The van der Waals surface area contributed by atoms with Crippen molar-refractivity contribution in [1.29, 1.82) is 0 Å². The minimum atomic E-state index is -0.951. The molecule has 8 heteroatoms. The predicted molar refractivity (Wildman–Crippen MR) is 94.3 cm³/mol. The summed E-state index contributed by atoms with van der Waals surface area (Å²) < 4.78 is 9.91. The van der Waals surface area contributed by atoms with Crippen molar-refractivity contribution < 1.29 is 39.5 Å². The first-order valence-corrected chi connectivity index (χ1v) is 7.92. The second kappa shape index (κ2) is 7.55. The molecule has 0 spiro atoms. The third-order valence-electron chi connectivity index (χ3n) is 4.24. The summed E-state index contributed by atoms with van der Waals surface area (Å²) in [7, 11) is 1.18. The van der Waals surface area contributed by atoms with E-state index >= 15 is 0 Å². The van der Waals surface area contributed by atoms with Gasteiger partial charge in [-0.1, -0.05) is 0 Å². The number of aliphatic hydroxyl groups excluding tert-OH is 1. The molecule has 4 N–H and O–H groups in total. The van der Waals surface area contributed by atoms with E-state index in [9.17, 15) is 30.0 Å². The Bertz CT molecular complexity index is 930. The molecule has 0 fully saturated rings. The summed E-state index contributed by atoms with van der Waals surface area (Å²) >= 11 is 0. The normalized spacial score (nSPS) is 10.6. The van der Waals surface area contributed by atoms with Crippen molar-refractivity contribution >= 4 is 11.9 Å². The van der Waals surface area contributed by atoms with Crippen molar-refractivity contribution in [3.63, 3.8) is 0 Å². The van der Waals surface area contributed by atoms with Gasteiger partial charge in [0, 0.05) is 5.56 Å². The number of aryl methyl sites for hydroxylation is 2. The molecule has 144 valence electrons. The van der Waals surface area contributed by atoms with Gasteiger partial charge in [0.15, 0.2) is 0 Å². The van der Waals surface area contributed by atoms with Crippen molar-refractivity contribution in [2.45, 2.75) is 27.4 Å². The third-order valence-corrected chi connectivity index (χ3v) is 4.24. The van der Waals surface area contributed by atoms with E-state index in [2.05, 4.69) is 4.74 Å². The number of phenolic OH excluding ortho intramolecular Hbond substituents is 1. The van der Waals surface area contributed by atoms with Gasteiger partial charge < -0.3 is 29.9 Å². The molecule has 0 saturated heterocycles. The third kappa shape index (κ3) is 3.52. The first-order chi connectivity index (χ1) is 12.6. The molecule has 0 aromatic heterocycles. The van der Waals surface area contributed by atoms with Crippen LogP contribution in [0.25, 0.3) is 0 Å². The van der Waals surface area contributed by atoms with Crippen LogP contribution < -0.4 is 4.74 Å². The zero-order valence-corrected chi connectivity index (χ0v) is 15.3. The van der Waals surface area contributed by atoms with Crippen LogP contribution in [-0.2, 0) is 11.3 Å². The van der Waals surface area contributed by atoms with Crippen LogP contribution in [-0.4, -0.2) is 39.5 Å². The topological polar surface area (TPSA) is 134 Å². The molecule has 27 heavy (non-hydrogen) atoms. The number of methoxy groups -OCH3 is 1. The Balaban J connectivity index is 2.50. The highest BCUT2D eigenvalue weighted by Crippen LogP contribution is 2.37. The first-order valence-electron chi connectivity index (χ1n) is 7.92. The minimum Gasteiger partial charge on any atom is -0.507 e. The number of hydrogen-bond donors (Lipinski definition) is 4. The maximum atomic E-state index is 12.6. The van der Waals surface area contributed by atoms with Gasteiger partial charge in [-0.2, -0.15) is 0 Å². The van der Waals surface area contributed by atoms with Crippen LogP contribution in [0.1, 0.15) is 43.0 Å². The Labute approximate surface area is 155 Å². The molecule has 0 amide bonds. The van der Waals surface area contributed by atoms with Crippen LogP contribution in [0.2, 0.25) is 0 Å². The van der Waals surface area contributed by atoms with Crippen LogP contribution >= 0.6 is 0 Å². The van der Waals surface area contributed by atoms with Gasteiger partial charge in [0.25, 0.3) is 0 Å². The molecule has 0 aliphatic carbocycles. The Kier molecular flexibility index (Phi) is 5.61. The van der Waals surface area contributed by atoms with Gasteiger partial charge in [-0.25, -0.2) is 9.59 Å². The summed E-state index contributed by atoms with van der Waals surface area (Å²) in [6.45, 7) is 3.79. The zero-order valence-electron chi connectivity index (χ0n) is 15.3. The average Bonchev–Trinajstić information content (AvgIpc) is 2.59. The molecule has 2 aromatic carbocycles. The Morgan fingerprint density at radius 3 is 2.04 bits per heavy atom. The van der Waals surface area contributed by atoms with Gasteiger partial charge in [0.2, 0.25) is 0 Å². The number of esters is 2. The van der Waals surface area contributed by atoms with Gasteiger partial charge in [-0.15, -0.1) is 0 Å². The second-order valence-corrected chi connectivity index (χ2v) is 5.99. The van der Waals surface area contributed by atoms with E-state index in [1.807, 2.05) is 0 Å². The smallest absolute Gasteiger partial charge is 0.347 e. The maximum absolute atomic E-state index is 12.6. The van der Waals surface area contributed by atoms with E-state index < -0.39 is 24.3 Å². The fourth-order valence-corrected chi connectivity index (χ4v) is 2.72. The summed E-state index contributed by atoms with van der Waals surface area (Å²) in [4.78, 5) is 24.3. The maximum Gasteiger partial charge on any atom is 0.347 e. The van der Waals surface area contributed by atoms with Crippen molar-refractivity contribution in [2.75, 3.05) is 7.11 Å². The molecule has 2 rings (SSSR count). The van der Waals surface area contributed by atoms with E-state index in [0.29, 0.717) is 5.56 Å². The highest BCUT2D eigenvalue weighted by Gasteiger charge is 2.25. The monoisotopic (exact) mass is 376 g/mol. The molecular weight excluding hydrogens is 356 g/mol. The van der Waals surface area contributed by atoms with Crippen LogP contribution in [0.3, 0.4) is 0 Å². The second-order valence-electron chi connectivity index (χ2n) is 5.99. The van der Waals surface area contributed by atoms with E-state index in [1.54, 1.807) is 0 Å². The number of carbonyl (C=O) groups excluding carboxylic acids is 2. The lowest BCUT2D eigenvalue weighted by molar-refractivity contribution is 0.0596. The predicted octanol–water partition coefficient (Wildman–Crippen LogP) is 2.23. The van der Waals surface area contributed by atoms with Gasteiger partial charge in [-0.05, 0) is 44.0 Å². The number of rotatable bonds is 4. The molecule has 8 nitrogen and oxygen atoms in total. The van der Waals surface area contributed by atoms with Crippen molar-refractivity contribution in [2.24, 2.45) is 0 Å². The van der Waals surface area contributed by atoms with Gasteiger partial charge in [-0.3, -0.25) is 0 Å². The molecule has 0 unspecified atom stereocenters. The van der Waals surface area contributed by atoms with E-state index in [1.165, 1.54) is 40.0 Å². The van der Waals surface area contributed by atoms with Gasteiger partial charge >= 0.3 is 11.9 Å². The summed E-state index contributed by atoms with van der Waals surface area (Å²) in [6.07, 6.45) is 0. The Hall–Kier alpha value is -3.26. The Morgan fingerprint density at radius 2 is 1.48 bits per heavy atom. The summed E-state index contributed by atoms with van der Waals surface area (Å²) in [5.41, 5.74) is 0.218. The lowest BCUT2D eigenvalue weighted by Gasteiger charge is -2.16. The van der Waals surface area contributed by atoms with E-state index in [0.717, 1.165) is 0 Å². The molecule has 0 heterocycles. The number of hydrogen-bond acceptors (Lipinski definition) is 8. The summed E-state index contributed by atoms with van der Waals surface area (Å²) in [6, 6.07) is 2.61. The SMILES string of the molecule is COC(=O)c1c(C)cc(OC(=O)c2c(C)cc(O)c(CO)c2O)c(C)c1O. The quantitative estimate of drug-likeness (QED) is 0.471. The van der Waals surface area contributed by atoms with Crippen LogP contribution in [0.5, 0.6) is 23.0 Å². The van der Waals surface area contributed by atoms with Crippen LogP contribution in [0.15, 0.2) is 12.1 Å². The van der Waals surface area contributed by atoms with E-state index in [4.69, 9.17) is 4.74 Å². The molecule has 0 aliphatic heterocycles. The number of benzene rings is 2. The van der Waals surface area contributed by atoms with Crippen molar-refractivity contribution in [3.8, 4) is 23.0 Å². The molecular formula is C19H20O8. The molecule has 0 bridgehead atoms. The molecule has 0 atom stereocenters. The largest absolute Gasteiger partial charge is 0.507 e. The minimum absolute atomic E-state index is 0.0138. The Morgan fingerprint density at radius 1 is 0.926 bits per heavy atom. The molecule has 0 saturated carbocycles. The van der Waals surface area contributed by atoms with Gasteiger partial charge in [0.05, 0.1) is 19.3 Å².